The van der Waals surface area contributed by atoms with Crippen LogP contribution in [0, 0.1) is 0 Å². The SMILES string of the molecule is NC1C=Cc2c(-c3ccc(-c4ccccc4)cc3)ccc(OCc3ccccc3)c2N1. The van der Waals surface area contributed by atoms with E-state index in [1.807, 2.05) is 36.4 Å². The lowest BCUT2D eigenvalue weighted by Gasteiger charge is -2.24. The summed E-state index contributed by atoms with van der Waals surface area (Å²) >= 11 is 0. The van der Waals surface area contributed by atoms with Crippen LogP contribution in [0.25, 0.3) is 28.3 Å². The molecular weight excluding hydrogens is 380 g/mol. The van der Waals surface area contributed by atoms with Gasteiger partial charge in [0.05, 0.1) is 11.9 Å². The minimum absolute atomic E-state index is 0.234. The molecule has 1 unspecified atom stereocenters. The van der Waals surface area contributed by atoms with Gasteiger partial charge in [-0.3, -0.25) is 0 Å². The van der Waals surface area contributed by atoms with Crippen LogP contribution in [0.1, 0.15) is 11.1 Å². The Hall–Kier alpha value is -3.82. The highest BCUT2D eigenvalue weighted by atomic mass is 16.5. The van der Waals surface area contributed by atoms with Crippen LogP contribution in [-0.4, -0.2) is 6.17 Å². The van der Waals surface area contributed by atoms with Crippen LogP contribution < -0.4 is 15.8 Å². The van der Waals surface area contributed by atoms with E-state index in [2.05, 4.69) is 78.1 Å². The Kier molecular flexibility index (Phi) is 5.26. The van der Waals surface area contributed by atoms with Crippen LogP contribution in [0.5, 0.6) is 5.75 Å². The van der Waals surface area contributed by atoms with E-state index in [0.717, 1.165) is 33.7 Å². The van der Waals surface area contributed by atoms with Crippen LogP contribution in [0.15, 0.2) is 103 Å². The fraction of sp³-hybridized carbons (Fsp3) is 0.0714. The second-order valence-corrected chi connectivity index (χ2v) is 7.65. The highest BCUT2D eigenvalue weighted by molar-refractivity contribution is 5.88. The average molecular weight is 405 g/mol. The number of fused-ring (bicyclic) bond motifs is 1. The van der Waals surface area contributed by atoms with Crippen molar-refractivity contribution in [2.24, 2.45) is 5.73 Å². The van der Waals surface area contributed by atoms with Crippen molar-refractivity contribution in [1.29, 1.82) is 0 Å². The molecule has 1 heterocycles. The molecule has 31 heavy (non-hydrogen) atoms. The predicted octanol–water partition coefficient (Wildman–Crippen LogP) is 6.32. The van der Waals surface area contributed by atoms with E-state index >= 15 is 0 Å². The van der Waals surface area contributed by atoms with Gasteiger partial charge in [0.25, 0.3) is 0 Å². The van der Waals surface area contributed by atoms with Gasteiger partial charge in [-0.25, -0.2) is 0 Å². The van der Waals surface area contributed by atoms with E-state index in [0.29, 0.717) is 6.61 Å². The first-order valence-corrected chi connectivity index (χ1v) is 10.5. The molecule has 3 N–H and O–H groups in total. The number of rotatable bonds is 5. The Morgan fingerprint density at radius 2 is 1.35 bits per heavy atom. The largest absolute Gasteiger partial charge is 0.487 e. The number of hydrogen-bond acceptors (Lipinski definition) is 3. The zero-order valence-electron chi connectivity index (χ0n) is 17.2. The summed E-state index contributed by atoms with van der Waals surface area (Å²) in [4.78, 5) is 0. The molecule has 3 nitrogen and oxygen atoms in total. The smallest absolute Gasteiger partial charge is 0.143 e. The first kappa shape index (κ1) is 19.2. The third kappa shape index (κ3) is 4.09. The molecule has 0 spiro atoms. The summed E-state index contributed by atoms with van der Waals surface area (Å²) in [5, 5.41) is 3.38. The van der Waals surface area contributed by atoms with Gasteiger partial charge in [0.2, 0.25) is 0 Å². The first-order chi connectivity index (χ1) is 15.3. The van der Waals surface area contributed by atoms with E-state index in [-0.39, 0.29) is 6.17 Å². The fourth-order valence-electron chi connectivity index (χ4n) is 3.92. The molecule has 0 aromatic heterocycles. The van der Waals surface area contributed by atoms with Crippen molar-refractivity contribution >= 4 is 11.8 Å². The van der Waals surface area contributed by atoms with Crippen molar-refractivity contribution in [3.63, 3.8) is 0 Å². The summed E-state index contributed by atoms with van der Waals surface area (Å²) in [6.07, 6.45) is 3.83. The molecule has 0 amide bonds. The standard InChI is InChI=1S/C28H24N2O/c29-27-18-16-25-24(23-13-11-22(12-14-23)21-9-5-2-6-10-21)15-17-26(28(25)30-27)31-19-20-7-3-1-4-8-20/h1-18,27,30H,19,29H2. The second kappa shape index (κ2) is 8.50. The lowest BCUT2D eigenvalue weighted by Crippen LogP contribution is -2.29. The number of ether oxygens (including phenoxy) is 1. The molecule has 3 heteroatoms. The molecule has 0 saturated heterocycles. The number of anilines is 1. The Balaban J connectivity index is 1.47. The van der Waals surface area contributed by atoms with Crippen molar-refractivity contribution in [2.45, 2.75) is 12.8 Å². The van der Waals surface area contributed by atoms with E-state index < -0.39 is 0 Å². The molecule has 1 atom stereocenters. The third-order valence-electron chi connectivity index (χ3n) is 5.53. The van der Waals surface area contributed by atoms with Crippen molar-refractivity contribution < 1.29 is 4.74 Å². The number of hydrogen-bond donors (Lipinski definition) is 2. The van der Waals surface area contributed by atoms with Crippen molar-refractivity contribution in [3.8, 4) is 28.0 Å². The van der Waals surface area contributed by atoms with Gasteiger partial charge in [-0.15, -0.1) is 0 Å². The second-order valence-electron chi connectivity index (χ2n) is 7.65. The molecule has 152 valence electrons. The molecule has 0 radical (unpaired) electrons. The summed E-state index contributed by atoms with van der Waals surface area (Å²) in [6, 6.07) is 33.4. The summed E-state index contributed by atoms with van der Waals surface area (Å²) < 4.78 is 6.15. The van der Waals surface area contributed by atoms with Crippen LogP contribution in [0.4, 0.5) is 5.69 Å². The monoisotopic (exact) mass is 404 g/mol. The summed E-state index contributed by atoms with van der Waals surface area (Å²) in [5.74, 6) is 0.809. The Bertz CT molecular complexity index is 1200. The van der Waals surface area contributed by atoms with Crippen LogP contribution in [-0.2, 0) is 6.61 Å². The quantitative estimate of drug-likeness (QED) is 0.409. The molecule has 1 aliphatic rings. The van der Waals surface area contributed by atoms with Crippen LogP contribution in [0.3, 0.4) is 0 Å². The van der Waals surface area contributed by atoms with Gasteiger partial charge >= 0.3 is 0 Å². The van der Waals surface area contributed by atoms with Gasteiger partial charge in [0, 0.05) is 5.56 Å². The van der Waals surface area contributed by atoms with E-state index in [4.69, 9.17) is 10.5 Å². The van der Waals surface area contributed by atoms with E-state index in [9.17, 15) is 0 Å². The number of nitrogens with one attached hydrogen (secondary N) is 1. The first-order valence-electron chi connectivity index (χ1n) is 10.5. The molecule has 0 bridgehead atoms. The van der Waals surface area contributed by atoms with E-state index in [1.165, 1.54) is 11.1 Å². The maximum absolute atomic E-state index is 6.15. The normalized spacial score (nSPS) is 14.5. The van der Waals surface area contributed by atoms with Crippen molar-refractivity contribution in [1.82, 2.24) is 0 Å². The summed E-state index contributed by atoms with van der Waals surface area (Å²) in [7, 11) is 0. The highest BCUT2D eigenvalue weighted by Crippen LogP contribution is 2.40. The minimum Gasteiger partial charge on any atom is -0.487 e. The van der Waals surface area contributed by atoms with Crippen molar-refractivity contribution in [2.75, 3.05) is 5.32 Å². The van der Waals surface area contributed by atoms with Gasteiger partial charge in [-0.05, 0) is 46.0 Å². The van der Waals surface area contributed by atoms with Gasteiger partial charge in [0.15, 0.2) is 0 Å². The number of nitrogens with two attached hydrogens (primary N) is 1. The van der Waals surface area contributed by atoms with Crippen LogP contribution >= 0.6 is 0 Å². The van der Waals surface area contributed by atoms with Gasteiger partial charge in [0.1, 0.15) is 12.4 Å². The van der Waals surface area contributed by atoms with Crippen molar-refractivity contribution in [3.05, 3.63) is 114 Å². The number of benzene rings is 4. The molecule has 0 fully saturated rings. The fourth-order valence-corrected chi connectivity index (χ4v) is 3.92. The summed E-state index contributed by atoms with van der Waals surface area (Å²) in [6.45, 7) is 0.513. The maximum atomic E-state index is 6.15. The van der Waals surface area contributed by atoms with Gasteiger partial charge in [-0.1, -0.05) is 91.0 Å². The Labute approximate surface area is 182 Å². The lowest BCUT2D eigenvalue weighted by molar-refractivity contribution is 0.307. The topological polar surface area (TPSA) is 47.3 Å². The molecular formula is C28H24N2O. The zero-order valence-corrected chi connectivity index (χ0v) is 17.2. The Morgan fingerprint density at radius 1 is 0.710 bits per heavy atom. The molecule has 5 rings (SSSR count). The maximum Gasteiger partial charge on any atom is 0.143 e. The summed E-state index contributed by atoms with van der Waals surface area (Å²) in [5.41, 5.74) is 14.0. The Morgan fingerprint density at radius 3 is 2.10 bits per heavy atom. The third-order valence-corrected chi connectivity index (χ3v) is 5.53. The minimum atomic E-state index is -0.234. The lowest BCUT2D eigenvalue weighted by atomic mass is 9.94. The van der Waals surface area contributed by atoms with Gasteiger partial charge in [-0.2, -0.15) is 0 Å². The molecule has 4 aromatic carbocycles. The zero-order chi connectivity index (χ0) is 21.0. The van der Waals surface area contributed by atoms with E-state index in [1.54, 1.807) is 0 Å². The molecule has 4 aromatic rings. The molecule has 0 aliphatic carbocycles. The highest BCUT2D eigenvalue weighted by Gasteiger charge is 2.19. The van der Waals surface area contributed by atoms with Crippen LogP contribution in [0.2, 0.25) is 0 Å². The molecule has 1 aliphatic heterocycles. The molecule has 0 saturated carbocycles. The predicted molar refractivity (Wildman–Crippen MR) is 129 cm³/mol. The van der Waals surface area contributed by atoms with Gasteiger partial charge < -0.3 is 15.8 Å². The average Bonchev–Trinajstić information content (AvgIpc) is 2.84.